The van der Waals surface area contributed by atoms with Gasteiger partial charge in [0.25, 0.3) is 5.69 Å². The molecule has 0 radical (unpaired) electrons. The second-order valence-corrected chi connectivity index (χ2v) is 6.92. The van der Waals surface area contributed by atoms with Crippen molar-refractivity contribution in [3.05, 3.63) is 92.0 Å². The van der Waals surface area contributed by atoms with Gasteiger partial charge in [-0.3, -0.25) is 10.1 Å². The molecule has 28 heavy (non-hydrogen) atoms. The highest BCUT2D eigenvalue weighted by Crippen LogP contribution is 2.36. The van der Waals surface area contributed by atoms with Crippen LogP contribution in [-0.2, 0) is 6.42 Å². The van der Waals surface area contributed by atoms with E-state index in [9.17, 15) is 15.2 Å². The Morgan fingerprint density at radius 2 is 1.71 bits per heavy atom. The van der Waals surface area contributed by atoms with E-state index in [2.05, 4.69) is 10.2 Å². The lowest BCUT2D eigenvalue weighted by molar-refractivity contribution is -0.384. The summed E-state index contributed by atoms with van der Waals surface area (Å²) >= 11 is 5.82. The fourth-order valence-electron chi connectivity index (χ4n) is 2.89. The number of nitro groups is 1. The van der Waals surface area contributed by atoms with Gasteiger partial charge in [0.15, 0.2) is 5.69 Å². The van der Waals surface area contributed by atoms with Gasteiger partial charge < -0.3 is 5.11 Å². The number of nitrogens with zero attached hydrogens (tertiary/aromatic N) is 3. The molecule has 0 amide bonds. The summed E-state index contributed by atoms with van der Waals surface area (Å²) in [4.78, 5) is 10.6. The van der Waals surface area contributed by atoms with Crippen LogP contribution in [0.25, 0.3) is 0 Å². The molecule has 0 atom stereocenters. The Morgan fingerprint density at radius 1 is 1.00 bits per heavy atom. The Morgan fingerprint density at radius 3 is 2.43 bits per heavy atom. The number of azo groups is 1. The number of aryl methyl sites for hydroxylation is 2. The molecule has 0 aliphatic carbocycles. The summed E-state index contributed by atoms with van der Waals surface area (Å²) in [7, 11) is 0. The molecule has 0 fully saturated rings. The standard InChI is InChI=1S/C21H18ClN3O3/c1-13-9-16(11-15-6-4-3-5-14(15)2)21(26)19(10-13)24-23-18-8-7-17(22)12-20(18)25(27)28/h3-10,12,26H,11H2,1-2H3/b24-23+. The highest BCUT2D eigenvalue weighted by Gasteiger charge is 2.15. The molecule has 0 spiro atoms. The van der Waals surface area contributed by atoms with E-state index in [1.165, 1.54) is 18.2 Å². The fraction of sp³-hybridized carbons (Fsp3) is 0.143. The molecule has 0 bridgehead atoms. The highest BCUT2D eigenvalue weighted by atomic mass is 35.5. The zero-order valence-corrected chi connectivity index (χ0v) is 16.1. The van der Waals surface area contributed by atoms with Gasteiger partial charge in [-0.15, -0.1) is 10.2 Å². The van der Waals surface area contributed by atoms with Crippen molar-refractivity contribution in [3.63, 3.8) is 0 Å². The van der Waals surface area contributed by atoms with E-state index in [0.717, 1.165) is 16.7 Å². The van der Waals surface area contributed by atoms with Crippen LogP contribution in [0.4, 0.5) is 17.1 Å². The van der Waals surface area contributed by atoms with Crippen molar-refractivity contribution < 1.29 is 10.0 Å². The second-order valence-electron chi connectivity index (χ2n) is 6.49. The lowest BCUT2D eigenvalue weighted by atomic mass is 9.98. The lowest BCUT2D eigenvalue weighted by Crippen LogP contribution is -1.93. The third-order valence-electron chi connectivity index (χ3n) is 4.35. The number of halogens is 1. The molecule has 0 saturated heterocycles. The van der Waals surface area contributed by atoms with Crippen molar-refractivity contribution in [1.29, 1.82) is 0 Å². The third kappa shape index (κ3) is 4.35. The predicted octanol–water partition coefficient (Wildman–Crippen LogP) is 6.58. The summed E-state index contributed by atoms with van der Waals surface area (Å²) in [6, 6.07) is 15.7. The molecule has 0 unspecified atom stereocenters. The van der Waals surface area contributed by atoms with Crippen LogP contribution in [0.3, 0.4) is 0 Å². The monoisotopic (exact) mass is 395 g/mol. The molecule has 1 N–H and O–H groups in total. The molecule has 0 aliphatic heterocycles. The van der Waals surface area contributed by atoms with Gasteiger partial charge in [0.2, 0.25) is 0 Å². The zero-order chi connectivity index (χ0) is 20.3. The summed E-state index contributed by atoms with van der Waals surface area (Å²) in [6.45, 7) is 3.91. The van der Waals surface area contributed by atoms with E-state index in [-0.39, 0.29) is 27.8 Å². The van der Waals surface area contributed by atoms with Crippen LogP contribution in [0.1, 0.15) is 22.3 Å². The second kappa shape index (κ2) is 8.19. The average molecular weight is 396 g/mol. The van der Waals surface area contributed by atoms with E-state index >= 15 is 0 Å². The average Bonchev–Trinajstić information content (AvgIpc) is 2.65. The number of aromatic hydroxyl groups is 1. The molecule has 0 saturated carbocycles. The Bertz CT molecular complexity index is 1080. The molecule has 3 rings (SSSR count). The van der Waals surface area contributed by atoms with Crippen molar-refractivity contribution in [2.24, 2.45) is 10.2 Å². The third-order valence-corrected chi connectivity index (χ3v) is 4.59. The van der Waals surface area contributed by atoms with Crippen LogP contribution >= 0.6 is 11.6 Å². The minimum absolute atomic E-state index is 0.00854. The van der Waals surface area contributed by atoms with Crippen LogP contribution in [-0.4, -0.2) is 10.0 Å². The summed E-state index contributed by atoms with van der Waals surface area (Å²) in [5.41, 5.74) is 3.92. The molecule has 142 valence electrons. The fourth-order valence-corrected chi connectivity index (χ4v) is 3.06. The summed E-state index contributed by atoms with van der Waals surface area (Å²) in [5, 5.41) is 30.1. The number of nitro benzene ring substituents is 1. The molecule has 0 aliphatic rings. The molecule has 3 aromatic rings. The first-order chi connectivity index (χ1) is 13.3. The van der Waals surface area contributed by atoms with E-state index < -0.39 is 4.92 Å². The Hall–Kier alpha value is -3.25. The van der Waals surface area contributed by atoms with Crippen molar-refractivity contribution in [1.82, 2.24) is 0 Å². The minimum atomic E-state index is -0.570. The SMILES string of the molecule is Cc1cc(Cc2ccccc2C)c(O)c(/N=N/c2ccc(Cl)cc2[N+](=O)[O-])c1. The number of hydrogen-bond donors (Lipinski definition) is 1. The van der Waals surface area contributed by atoms with Crippen LogP contribution in [0.2, 0.25) is 5.02 Å². The molecule has 7 heteroatoms. The number of phenols is 1. The lowest BCUT2D eigenvalue weighted by Gasteiger charge is -2.10. The molecule has 0 aromatic heterocycles. The molecule has 0 heterocycles. The Balaban J connectivity index is 1.98. The van der Waals surface area contributed by atoms with Gasteiger partial charge in [0.05, 0.1) is 4.92 Å². The first-order valence-electron chi connectivity index (χ1n) is 8.58. The zero-order valence-electron chi connectivity index (χ0n) is 15.4. The van der Waals surface area contributed by atoms with E-state index in [4.69, 9.17) is 11.6 Å². The smallest absolute Gasteiger partial charge is 0.298 e. The number of phenolic OH excluding ortho intramolecular Hbond substituents is 1. The van der Waals surface area contributed by atoms with Gasteiger partial charge in [-0.2, -0.15) is 0 Å². The van der Waals surface area contributed by atoms with Crippen molar-refractivity contribution in [2.45, 2.75) is 20.3 Å². The van der Waals surface area contributed by atoms with Crippen LogP contribution < -0.4 is 0 Å². The first kappa shape index (κ1) is 19.5. The highest BCUT2D eigenvalue weighted by molar-refractivity contribution is 6.30. The van der Waals surface area contributed by atoms with Crippen LogP contribution in [0, 0.1) is 24.0 Å². The van der Waals surface area contributed by atoms with Crippen molar-refractivity contribution >= 4 is 28.7 Å². The molecule has 3 aromatic carbocycles. The first-order valence-corrected chi connectivity index (χ1v) is 8.95. The number of hydrogen-bond acceptors (Lipinski definition) is 5. The maximum Gasteiger partial charge on any atom is 0.298 e. The van der Waals surface area contributed by atoms with Crippen LogP contribution in [0.15, 0.2) is 64.8 Å². The van der Waals surface area contributed by atoms with Gasteiger partial charge in [0, 0.05) is 23.1 Å². The van der Waals surface area contributed by atoms with E-state index in [1.54, 1.807) is 6.07 Å². The molecular weight excluding hydrogens is 378 g/mol. The van der Waals surface area contributed by atoms with Crippen molar-refractivity contribution in [3.8, 4) is 5.75 Å². The minimum Gasteiger partial charge on any atom is -0.505 e. The quantitative estimate of drug-likeness (QED) is 0.300. The van der Waals surface area contributed by atoms with Gasteiger partial charge in [-0.05, 0) is 48.7 Å². The topological polar surface area (TPSA) is 88.1 Å². The van der Waals surface area contributed by atoms with E-state index in [0.29, 0.717) is 12.0 Å². The van der Waals surface area contributed by atoms with Crippen molar-refractivity contribution in [2.75, 3.05) is 0 Å². The predicted molar refractivity (Wildman–Crippen MR) is 109 cm³/mol. The number of benzene rings is 3. The Labute approximate surface area is 167 Å². The van der Waals surface area contributed by atoms with Gasteiger partial charge in [-0.25, -0.2) is 0 Å². The van der Waals surface area contributed by atoms with Gasteiger partial charge in [-0.1, -0.05) is 41.9 Å². The maximum absolute atomic E-state index is 11.2. The maximum atomic E-state index is 11.2. The Kier molecular flexibility index (Phi) is 5.70. The summed E-state index contributed by atoms with van der Waals surface area (Å²) < 4.78 is 0. The van der Waals surface area contributed by atoms with Gasteiger partial charge >= 0.3 is 0 Å². The molecule has 6 nitrogen and oxygen atoms in total. The summed E-state index contributed by atoms with van der Waals surface area (Å²) in [6.07, 6.45) is 0.545. The normalized spacial score (nSPS) is 11.1. The summed E-state index contributed by atoms with van der Waals surface area (Å²) in [5.74, 6) is 0.00854. The molecular formula is C21H18ClN3O3. The van der Waals surface area contributed by atoms with Crippen LogP contribution in [0.5, 0.6) is 5.75 Å². The van der Waals surface area contributed by atoms with Gasteiger partial charge in [0.1, 0.15) is 11.4 Å². The van der Waals surface area contributed by atoms with E-state index in [1.807, 2.05) is 44.2 Å². The largest absolute Gasteiger partial charge is 0.505 e. The number of rotatable bonds is 5.